The van der Waals surface area contributed by atoms with Gasteiger partial charge >= 0.3 is 0 Å². The van der Waals surface area contributed by atoms with Crippen LogP contribution in [0.4, 0.5) is 0 Å². The van der Waals surface area contributed by atoms with Gasteiger partial charge in [-0.2, -0.15) is 0 Å². The highest BCUT2D eigenvalue weighted by Gasteiger charge is 2.33. The first-order valence-electron chi connectivity index (χ1n) is 6.84. The van der Waals surface area contributed by atoms with Crippen LogP contribution in [-0.4, -0.2) is 39.9 Å². The van der Waals surface area contributed by atoms with Crippen LogP contribution in [0.25, 0.3) is 0 Å². The lowest BCUT2D eigenvalue weighted by Gasteiger charge is -2.22. The van der Waals surface area contributed by atoms with E-state index in [0.717, 1.165) is 12.8 Å². The molecule has 2 rings (SSSR count). The van der Waals surface area contributed by atoms with E-state index in [9.17, 15) is 13.5 Å². The first-order valence-corrected chi connectivity index (χ1v) is 8.33. The Morgan fingerprint density at radius 1 is 1.24 bits per heavy atom. The van der Waals surface area contributed by atoms with E-state index < -0.39 is 15.6 Å². The van der Waals surface area contributed by atoms with E-state index in [1.165, 1.54) is 26.4 Å². The van der Waals surface area contributed by atoms with Gasteiger partial charge in [-0.15, -0.1) is 0 Å². The van der Waals surface area contributed by atoms with Crippen LogP contribution in [0.1, 0.15) is 25.7 Å². The van der Waals surface area contributed by atoms with Crippen LogP contribution < -0.4 is 14.2 Å². The Labute approximate surface area is 125 Å². The molecule has 1 aliphatic carbocycles. The van der Waals surface area contributed by atoms with Crippen molar-refractivity contribution in [1.82, 2.24) is 4.72 Å². The van der Waals surface area contributed by atoms with Gasteiger partial charge in [0.25, 0.3) is 0 Å². The van der Waals surface area contributed by atoms with Gasteiger partial charge in [-0.25, -0.2) is 13.1 Å². The molecule has 6 nitrogen and oxygen atoms in total. The van der Waals surface area contributed by atoms with Crippen molar-refractivity contribution in [3.8, 4) is 11.5 Å². The third-order valence-electron chi connectivity index (χ3n) is 3.79. The zero-order valence-corrected chi connectivity index (χ0v) is 13.1. The van der Waals surface area contributed by atoms with E-state index in [-0.39, 0.29) is 17.2 Å². The molecule has 0 bridgehead atoms. The normalized spacial score (nSPS) is 17.7. The largest absolute Gasteiger partial charge is 0.497 e. The van der Waals surface area contributed by atoms with E-state index in [1.54, 1.807) is 6.07 Å². The summed E-state index contributed by atoms with van der Waals surface area (Å²) in [6.07, 6.45) is 3.07. The average Bonchev–Trinajstić information content (AvgIpc) is 2.92. The summed E-state index contributed by atoms with van der Waals surface area (Å²) in [6.45, 7) is 0.00962. The van der Waals surface area contributed by atoms with Crippen molar-refractivity contribution in [2.75, 3.05) is 20.8 Å². The second-order valence-corrected chi connectivity index (χ2v) is 7.01. The monoisotopic (exact) mass is 315 g/mol. The Morgan fingerprint density at radius 3 is 2.48 bits per heavy atom. The molecular weight excluding hydrogens is 294 g/mol. The quantitative estimate of drug-likeness (QED) is 0.826. The first-order chi connectivity index (χ1) is 9.90. The highest BCUT2D eigenvalue weighted by Crippen LogP contribution is 2.31. The average molecular weight is 315 g/mol. The molecule has 1 aromatic carbocycles. The van der Waals surface area contributed by atoms with Crippen molar-refractivity contribution in [2.45, 2.75) is 36.2 Å². The Bertz CT molecular complexity index is 593. The number of aliphatic hydroxyl groups is 1. The fraction of sp³-hybridized carbons (Fsp3) is 0.571. The molecule has 1 aliphatic rings. The first kappa shape index (κ1) is 16.1. The van der Waals surface area contributed by atoms with Gasteiger partial charge in [0.2, 0.25) is 10.0 Å². The molecule has 7 heteroatoms. The number of rotatable bonds is 6. The highest BCUT2D eigenvalue weighted by atomic mass is 32.2. The van der Waals surface area contributed by atoms with Crippen LogP contribution in [0.3, 0.4) is 0 Å². The second kappa shape index (κ2) is 6.21. The molecule has 0 saturated heterocycles. The standard InChI is InChI=1S/C14H21NO5S/c1-19-11-5-6-12(20-2)13(9-11)21(17,18)15-10-14(16)7-3-4-8-14/h5-6,9,15-16H,3-4,7-8,10H2,1-2H3. The van der Waals surface area contributed by atoms with E-state index in [0.29, 0.717) is 18.6 Å². The Balaban J connectivity index is 2.22. The molecule has 1 fully saturated rings. The molecule has 0 heterocycles. The molecule has 1 saturated carbocycles. The number of ether oxygens (including phenoxy) is 2. The SMILES string of the molecule is COc1ccc(OC)c(S(=O)(=O)NCC2(O)CCCC2)c1. The maximum absolute atomic E-state index is 12.4. The number of hydrogen-bond donors (Lipinski definition) is 2. The van der Waals surface area contributed by atoms with Crippen molar-refractivity contribution in [2.24, 2.45) is 0 Å². The zero-order chi connectivity index (χ0) is 15.5. The van der Waals surface area contributed by atoms with Crippen LogP contribution in [0.2, 0.25) is 0 Å². The summed E-state index contributed by atoms with van der Waals surface area (Å²) in [5, 5.41) is 10.2. The van der Waals surface area contributed by atoms with E-state index in [4.69, 9.17) is 9.47 Å². The molecule has 0 amide bonds. The minimum Gasteiger partial charge on any atom is -0.497 e. The number of methoxy groups -OCH3 is 2. The Morgan fingerprint density at radius 2 is 1.90 bits per heavy atom. The van der Waals surface area contributed by atoms with Gasteiger partial charge < -0.3 is 14.6 Å². The van der Waals surface area contributed by atoms with Gasteiger partial charge in [0.15, 0.2) is 0 Å². The van der Waals surface area contributed by atoms with Crippen molar-refractivity contribution >= 4 is 10.0 Å². The van der Waals surface area contributed by atoms with Gasteiger partial charge in [-0.1, -0.05) is 12.8 Å². The van der Waals surface area contributed by atoms with Crippen LogP contribution in [0, 0.1) is 0 Å². The van der Waals surface area contributed by atoms with Crippen molar-refractivity contribution in [3.63, 3.8) is 0 Å². The lowest BCUT2D eigenvalue weighted by molar-refractivity contribution is 0.0531. The minimum atomic E-state index is -3.78. The van der Waals surface area contributed by atoms with Gasteiger partial charge in [0, 0.05) is 12.6 Å². The molecular formula is C14H21NO5S. The van der Waals surface area contributed by atoms with Crippen LogP contribution in [0.5, 0.6) is 11.5 Å². The third kappa shape index (κ3) is 3.66. The van der Waals surface area contributed by atoms with E-state index in [1.807, 2.05) is 0 Å². The van der Waals surface area contributed by atoms with Crippen molar-refractivity contribution in [3.05, 3.63) is 18.2 Å². The molecule has 0 spiro atoms. The molecule has 0 aliphatic heterocycles. The minimum absolute atomic E-state index is 0.00551. The Kier molecular flexibility index (Phi) is 4.75. The molecule has 1 aromatic rings. The van der Waals surface area contributed by atoms with Gasteiger partial charge in [-0.05, 0) is 25.0 Å². The molecule has 0 aromatic heterocycles. The Hall–Kier alpha value is -1.31. The fourth-order valence-corrected chi connectivity index (χ4v) is 3.81. The smallest absolute Gasteiger partial charge is 0.244 e. The molecule has 21 heavy (non-hydrogen) atoms. The van der Waals surface area contributed by atoms with E-state index in [2.05, 4.69) is 4.72 Å². The molecule has 0 atom stereocenters. The highest BCUT2D eigenvalue weighted by molar-refractivity contribution is 7.89. The van der Waals surface area contributed by atoms with Crippen molar-refractivity contribution in [1.29, 1.82) is 0 Å². The summed E-state index contributed by atoms with van der Waals surface area (Å²) < 4.78 is 37.5. The molecule has 0 unspecified atom stereocenters. The lowest BCUT2D eigenvalue weighted by atomic mass is 10.0. The summed E-state index contributed by atoms with van der Waals surface area (Å²) in [5.41, 5.74) is -0.945. The van der Waals surface area contributed by atoms with Gasteiger partial charge in [0.1, 0.15) is 16.4 Å². The van der Waals surface area contributed by atoms with Crippen molar-refractivity contribution < 1.29 is 23.0 Å². The summed E-state index contributed by atoms with van der Waals surface area (Å²) in [7, 11) is -0.903. The van der Waals surface area contributed by atoms with Gasteiger partial charge in [0.05, 0.1) is 19.8 Å². The van der Waals surface area contributed by atoms with Crippen LogP contribution >= 0.6 is 0 Å². The molecule has 0 radical (unpaired) electrons. The van der Waals surface area contributed by atoms with Crippen LogP contribution in [0.15, 0.2) is 23.1 Å². The molecule has 2 N–H and O–H groups in total. The van der Waals surface area contributed by atoms with Gasteiger partial charge in [-0.3, -0.25) is 0 Å². The maximum atomic E-state index is 12.4. The zero-order valence-electron chi connectivity index (χ0n) is 12.3. The number of sulfonamides is 1. The lowest BCUT2D eigenvalue weighted by Crippen LogP contribution is -2.40. The summed E-state index contributed by atoms with van der Waals surface area (Å²) >= 11 is 0. The number of benzene rings is 1. The summed E-state index contributed by atoms with van der Waals surface area (Å²) in [6, 6.07) is 4.57. The van der Waals surface area contributed by atoms with E-state index >= 15 is 0 Å². The molecule has 118 valence electrons. The number of hydrogen-bond acceptors (Lipinski definition) is 5. The summed E-state index contributed by atoms with van der Waals surface area (Å²) in [4.78, 5) is 0.00551. The second-order valence-electron chi connectivity index (χ2n) is 5.27. The van der Waals surface area contributed by atoms with Crippen LogP contribution in [-0.2, 0) is 10.0 Å². The fourth-order valence-electron chi connectivity index (χ4n) is 2.51. The number of nitrogens with one attached hydrogen (secondary N) is 1. The predicted molar refractivity (Wildman–Crippen MR) is 78.2 cm³/mol. The summed E-state index contributed by atoms with van der Waals surface area (Å²) in [5.74, 6) is 0.664. The third-order valence-corrected chi connectivity index (χ3v) is 5.21. The predicted octanol–water partition coefficient (Wildman–Crippen LogP) is 1.29. The maximum Gasteiger partial charge on any atom is 0.244 e. The topological polar surface area (TPSA) is 84.9 Å².